The number of halogens is 1. The molecule has 0 bridgehead atoms. The Kier molecular flexibility index (Phi) is 13.1. The van der Waals surface area contributed by atoms with E-state index in [1.807, 2.05) is 18.2 Å². The monoisotopic (exact) mass is 754 g/mol. The summed E-state index contributed by atoms with van der Waals surface area (Å²) in [6, 6.07) is 18.4. The largest absolute Gasteiger partial charge is 0.493 e. The normalized spacial score (nSPS) is 17.0. The molecule has 54 heavy (non-hydrogen) atoms. The number of pyridine rings is 1. The van der Waals surface area contributed by atoms with Gasteiger partial charge in [-0.1, -0.05) is 41.9 Å². The molecule has 4 aromatic rings. The zero-order valence-electron chi connectivity index (χ0n) is 30.6. The van der Waals surface area contributed by atoms with E-state index < -0.39 is 18.1 Å². The summed E-state index contributed by atoms with van der Waals surface area (Å²) in [7, 11) is 0. The number of aliphatic hydroxyl groups is 2. The van der Waals surface area contributed by atoms with Crippen molar-refractivity contribution in [2.45, 2.75) is 83.5 Å². The molecule has 1 aliphatic carbocycles. The molecule has 284 valence electrons. The number of ether oxygens (including phenoxy) is 3. The molecule has 2 aliphatic rings. The minimum Gasteiger partial charge on any atom is -0.493 e. The second-order valence-corrected chi connectivity index (χ2v) is 14.4. The third kappa shape index (κ3) is 9.50. The third-order valence-electron chi connectivity index (χ3n) is 10.2. The highest BCUT2D eigenvalue weighted by Crippen LogP contribution is 2.44. The van der Waals surface area contributed by atoms with Crippen LogP contribution in [0.2, 0.25) is 5.02 Å². The van der Waals surface area contributed by atoms with Crippen LogP contribution < -0.4 is 19.5 Å². The van der Waals surface area contributed by atoms with Gasteiger partial charge in [0.05, 0.1) is 29.4 Å². The first-order valence-electron chi connectivity index (χ1n) is 18.5. The van der Waals surface area contributed by atoms with E-state index in [1.54, 1.807) is 24.4 Å². The van der Waals surface area contributed by atoms with E-state index in [9.17, 15) is 25.4 Å². The molecule has 0 amide bonds. The predicted molar refractivity (Wildman–Crippen MR) is 205 cm³/mol. The SMILES string of the molecule is Cc1c(OCCCN2CCC(O)CC2)cccc1-c1cccc2c1CC[C@@H]2Oc1cc(OCc2cncc(C#N)c2)c(CN[C@H](C(=O)O)[C@@H](C)O)cc1Cl. The summed E-state index contributed by atoms with van der Waals surface area (Å²) in [5.74, 6) is 0.517. The lowest BCUT2D eigenvalue weighted by Gasteiger charge is -2.29. The third-order valence-corrected chi connectivity index (χ3v) is 10.5. The number of piperidine rings is 1. The number of hydrogen-bond donors (Lipinski definition) is 4. The van der Waals surface area contributed by atoms with Crippen molar-refractivity contribution in [1.29, 1.82) is 5.26 Å². The molecule has 11 nitrogen and oxygen atoms in total. The molecule has 4 N–H and O–H groups in total. The molecule has 1 aromatic heterocycles. The smallest absolute Gasteiger partial charge is 0.323 e. The molecule has 0 spiro atoms. The number of aromatic nitrogens is 1. The first-order chi connectivity index (χ1) is 26.1. The Labute approximate surface area is 321 Å². The van der Waals surface area contributed by atoms with Crippen molar-refractivity contribution < 1.29 is 34.3 Å². The zero-order chi connectivity index (χ0) is 38.2. The highest BCUT2D eigenvalue weighted by atomic mass is 35.5. The van der Waals surface area contributed by atoms with E-state index >= 15 is 0 Å². The van der Waals surface area contributed by atoms with Crippen LogP contribution in [0.5, 0.6) is 17.2 Å². The molecule has 3 atom stereocenters. The van der Waals surface area contributed by atoms with E-state index in [0.717, 1.165) is 79.7 Å². The van der Waals surface area contributed by atoms with Gasteiger partial charge < -0.3 is 34.4 Å². The fraction of sp³-hybridized carbons (Fsp3) is 0.405. The summed E-state index contributed by atoms with van der Waals surface area (Å²) < 4.78 is 19.1. The minimum absolute atomic E-state index is 0.0505. The predicted octanol–water partition coefficient (Wildman–Crippen LogP) is 6.38. The summed E-state index contributed by atoms with van der Waals surface area (Å²) in [5.41, 5.74) is 7.29. The average Bonchev–Trinajstić information content (AvgIpc) is 3.58. The van der Waals surface area contributed by atoms with Crippen molar-refractivity contribution in [2.24, 2.45) is 0 Å². The number of carboxylic acid groups (broad SMARTS) is 1. The zero-order valence-corrected chi connectivity index (χ0v) is 31.4. The van der Waals surface area contributed by atoms with Crippen LogP contribution in [0.25, 0.3) is 11.1 Å². The second-order valence-electron chi connectivity index (χ2n) is 14.0. The van der Waals surface area contributed by atoms with E-state index in [0.29, 0.717) is 39.8 Å². The van der Waals surface area contributed by atoms with Crippen LogP contribution in [0.4, 0.5) is 0 Å². The number of likely N-dealkylation sites (tertiary alicyclic amines) is 1. The standard InChI is InChI=1S/C42H47ClN4O7/c1-26-32(6-4-9-37(26)52-17-5-14-47-15-12-31(49)13-16-47)33-7-3-8-35-34(33)10-11-38(35)54-40-20-39(53-25-29-18-28(21-44)22-45-23-29)30(19-36(40)43)24-46-41(27(2)48)42(50)51/h3-4,6-9,18-20,22-23,27,31,38,41,46,48-49H,5,10-17,24-25H2,1-2H3,(H,50,51)/t27-,38+,41+/m1/s1. The topological polar surface area (TPSA) is 157 Å². The number of nitrogens with one attached hydrogen (secondary N) is 1. The number of benzene rings is 3. The van der Waals surface area contributed by atoms with Crippen molar-refractivity contribution in [3.63, 3.8) is 0 Å². The lowest BCUT2D eigenvalue weighted by Crippen LogP contribution is -2.44. The lowest BCUT2D eigenvalue weighted by atomic mass is 9.93. The van der Waals surface area contributed by atoms with Gasteiger partial charge in [0.15, 0.2) is 0 Å². The van der Waals surface area contributed by atoms with Crippen molar-refractivity contribution >= 4 is 17.6 Å². The van der Waals surface area contributed by atoms with Crippen LogP contribution in [-0.2, 0) is 24.4 Å². The Morgan fingerprint density at radius 2 is 1.83 bits per heavy atom. The lowest BCUT2D eigenvalue weighted by molar-refractivity contribution is -0.142. The number of nitrogens with zero attached hydrogens (tertiary/aromatic N) is 3. The molecule has 1 fully saturated rings. The summed E-state index contributed by atoms with van der Waals surface area (Å²) in [6.07, 6.45) is 5.65. The first kappa shape index (κ1) is 39.0. The number of rotatable bonds is 16. The molecular formula is C42H47ClN4O7. The van der Waals surface area contributed by atoms with Gasteiger partial charge in [-0.25, -0.2) is 0 Å². The van der Waals surface area contributed by atoms with Crippen molar-refractivity contribution in [3.05, 3.63) is 105 Å². The molecule has 3 aromatic carbocycles. The number of hydrogen-bond acceptors (Lipinski definition) is 10. The van der Waals surface area contributed by atoms with Crippen LogP contribution in [0, 0.1) is 18.3 Å². The number of aliphatic carboxylic acids is 1. The van der Waals surface area contributed by atoms with Crippen LogP contribution in [0.3, 0.4) is 0 Å². The highest BCUT2D eigenvalue weighted by molar-refractivity contribution is 6.32. The Bertz CT molecular complexity index is 1970. The Hall–Kier alpha value is -4.70. The number of carboxylic acids is 1. The minimum atomic E-state index is -1.20. The Morgan fingerprint density at radius 1 is 1.06 bits per heavy atom. The first-order valence-corrected chi connectivity index (χ1v) is 18.8. The number of nitriles is 1. The number of fused-ring (bicyclic) bond motifs is 1. The summed E-state index contributed by atoms with van der Waals surface area (Å²) in [6.45, 7) is 7.09. The number of aliphatic hydroxyl groups excluding tert-OH is 2. The van der Waals surface area contributed by atoms with E-state index in [1.165, 1.54) is 18.7 Å². The molecule has 2 heterocycles. The van der Waals surface area contributed by atoms with Gasteiger partial charge in [-0.05, 0) is 92.0 Å². The van der Waals surface area contributed by atoms with Crippen LogP contribution in [0.15, 0.2) is 67.0 Å². The molecule has 0 saturated carbocycles. The maximum Gasteiger partial charge on any atom is 0.323 e. The molecule has 12 heteroatoms. The van der Waals surface area contributed by atoms with Gasteiger partial charge in [0.2, 0.25) is 0 Å². The summed E-state index contributed by atoms with van der Waals surface area (Å²) in [5, 5.41) is 41.9. The molecule has 1 saturated heterocycles. The van der Waals surface area contributed by atoms with E-state index in [4.69, 9.17) is 25.8 Å². The molecular weight excluding hydrogens is 708 g/mol. The number of carbonyl (C=O) groups is 1. The Balaban J connectivity index is 1.19. The van der Waals surface area contributed by atoms with Gasteiger partial charge >= 0.3 is 5.97 Å². The maximum absolute atomic E-state index is 11.7. The fourth-order valence-electron chi connectivity index (χ4n) is 7.23. The van der Waals surface area contributed by atoms with Gasteiger partial charge in [0, 0.05) is 55.8 Å². The molecule has 0 radical (unpaired) electrons. The van der Waals surface area contributed by atoms with Gasteiger partial charge in [-0.3, -0.25) is 15.1 Å². The fourth-order valence-corrected chi connectivity index (χ4v) is 7.46. The van der Waals surface area contributed by atoms with E-state index in [2.05, 4.69) is 46.4 Å². The Morgan fingerprint density at radius 3 is 2.59 bits per heavy atom. The van der Waals surface area contributed by atoms with Crippen LogP contribution in [0.1, 0.15) is 72.1 Å². The van der Waals surface area contributed by atoms with E-state index in [-0.39, 0.29) is 25.4 Å². The average molecular weight is 755 g/mol. The van der Waals surface area contributed by atoms with Gasteiger partial charge in [0.1, 0.15) is 42.1 Å². The summed E-state index contributed by atoms with van der Waals surface area (Å²) in [4.78, 5) is 18.3. The molecule has 1 aliphatic heterocycles. The maximum atomic E-state index is 11.7. The summed E-state index contributed by atoms with van der Waals surface area (Å²) >= 11 is 6.82. The van der Waals surface area contributed by atoms with Crippen LogP contribution >= 0.6 is 11.6 Å². The van der Waals surface area contributed by atoms with Crippen molar-refractivity contribution in [3.8, 4) is 34.4 Å². The van der Waals surface area contributed by atoms with Crippen LogP contribution in [-0.4, -0.2) is 75.7 Å². The molecule has 0 unspecified atom stereocenters. The van der Waals surface area contributed by atoms with Gasteiger partial charge in [0.25, 0.3) is 0 Å². The van der Waals surface area contributed by atoms with Gasteiger partial charge in [-0.15, -0.1) is 0 Å². The van der Waals surface area contributed by atoms with Gasteiger partial charge in [-0.2, -0.15) is 5.26 Å². The highest BCUT2D eigenvalue weighted by Gasteiger charge is 2.29. The van der Waals surface area contributed by atoms with Crippen molar-refractivity contribution in [2.75, 3.05) is 26.2 Å². The molecule has 6 rings (SSSR count). The van der Waals surface area contributed by atoms with Crippen molar-refractivity contribution in [1.82, 2.24) is 15.2 Å². The quantitative estimate of drug-likeness (QED) is 0.0942. The second kappa shape index (κ2) is 18.1.